The van der Waals surface area contributed by atoms with Gasteiger partial charge in [0.15, 0.2) is 11.0 Å². The molecule has 44 heavy (non-hydrogen) atoms. The normalized spacial score (nSPS) is 13.8. The summed E-state index contributed by atoms with van der Waals surface area (Å²) in [6, 6.07) is 22.3. The molecule has 1 fully saturated rings. The Morgan fingerprint density at radius 2 is 1.66 bits per heavy atom. The van der Waals surface area contributed by atoms with Crippen molar-refractivity contribution in [2.45, 2.75) is 23.5 Å². The summed E-state index contributed by atoms with van der Waals surface area (Å²) in [6.45, 7) is 3.80. The lowest BCUT2D eigenvalue weighted by Gasteiger charge is -2.26. The van der Waals surface area contributed by atoms with E-state index >= 15 is 0 Å². The Balaban J connectivity index is 1.23. The van der Waals surface area contributed by atoms with Crippen molar-refractivity contribution in [2.24, 2.45) is 0 Å². The van der Waals surface area contributed by atoms with Crippen LogP contribution in [0.3, 0.4) is 0 Å². The Kier molecular flexibility index (Phi) is 10.3. The number of benzene rings is 3. The van der Waals surface area contributed by atoms with Gasteiger partial charge in [0.05, 0.1) is 37.0 Å². The molecule has 0 saturated carbocycles. The van der Waals surface area contributed by atoms with Gasteiger partial charge in [0.25, 0.3) is 5.91 Å². The van der Waals surface area contributed by atoms with Crippen LogP contribution in [-0.2, 0) is 26.1 Å². The number of aromatic nitrogens is 3. The second-order valence-electron chi connectivity index (χ2n) is 9.59. The minimum atomic E-state index is -3.66. The van der Waals surface area contributed by atoms with E-state index in [0.29, 0.717) is 55.1 Å². The lowest BCUT2D eigenvalue weighted by molar-refractivity contribution is -0.113. The molecule has 1 aliphatic rings. The fourth-order valence-corrected chi connectivity index (χ4v) is 6.63. The summed E-state index contributed by atoms with van der Waals surface area (Å²) < 4.78 is 39.6. The molecule has 4 aromatic rings. The zero-order chi connectivity index (χ0) is 30.9. The van der Waals surface area contributed by atoms with Gasteiger partial charge in [0, 0.05) is 30.0 Å². The van der Waals surface area contributed by atoms with Gasteiger partial charge in [-0.2, -0.15) is 4.31 Å². The van der Waals surface area contributed by atoms with Crippen LogP contribution in [0.25, 0.3) is 5.69 Å². The van der Waals surface area contributed by atoms with Gasteiger partial charge >= 0.3 is 0 Å². The molecular weight excluding hydrogens is 605 g/mol. The fraction of sp³-hybridized carbons (Fsp3) is 0.267. The summed E-state index contributed by atoms with van der Waals surface area (Å²) in [5, 5.41) is 14.7. The molecule has 1 aromatic heterocycles. The van der Waals surface area contributed by atoms with Crippen LogP contribution >= 0.6 is 11.8 Å². The minimum Gasteiger partial charge on any atom is -0.494 e. The first-order valence-electron chi connectivity index (χ1n) is 14.0. The van der Waals surface area contributed by atoms with Crippen LogP contribution in [0, 0.1) is 0 Å². The molecule has 230 valence electrons. The van der Waals surface area contributed by atoms with Crippen LogP contribution in [0.1, 0.15) is 23.1 Å². The number of ether oxygens (including phenoxy) is 2. The maximum atomic E-state index is 13.0. The summed E-state index contributed by atoms with van der Waals surface area (Å²) in [7, 11) is -3.66. The molecule has 2 N–H and O–H groups in total. The molecule has 0 aliphatic carbocycles. The Hall–Kier alpha value is -4.24. The topological polar surface area (TPSA) is 145 Å². The average Bonchev–Trinajstić information content (AvgIpc) is 3.47. The number of carbonyl (C=O) groups excluding carboxylic acids is 2. The lowest BCUT2D eigenvalue weighted by atomic mass is 10.2. The van der Waals surface area contributed by atoms with Crippen molar-refractivity contribution in [3.63, 3.8) is 0 Å². The fourth-order valence-electron chi connectivity index (χ4n) is 4.45. The van der Waals surface area contributed by atoms with Crippen molar-refractivity contribution < 1.29 is 27.5 Å². The van der Waals surface area contributed by atoms with E-state index in [4.69, 9.17) is 9.47 Å². The predicted molar refractivity (Wildman–Crippen MR) is 166 cm³/mol. The van der Waals surface area contributed by atoms with Gasteiger partial charge in [0.2, 0.25) is 15.9 Å². The molecule has 5 rings (SSSR count). The predicted octanol–water partition coefficient (Wildman–Crippen LogP) is 3.35. The van der Waals surface area contributed by atoms with Crippen molar-refractivity contribution in [1.29, 1.82) is 0 Å². The number of hydrogen-bond donors (Lipinski definition) is 2. The zero-order valence-corrected chi connectivity index (χ0v) is 25.6. The Morgan fingerprint density at radius 1 is 0.955 bits per heavy atom. The van der Waals surface area contributed by atoms with Crippen molar-refractivity contribution in [2.75, 3.05) is 44.0 Å². The van der Waals surface area contributed by atoms with E-state index in [1.807, 2.05) is 37.3 Å². The van der Waals surface area contributed by atoms with Gasteiger partial charge in [-0.15, -0.1) is 10.2 Å². The highest BCUT2D eigenvalue weighted by atomic mass is 32.2. The Morgan fingerprint density at radius 3 is 2.34 bits per heavy atom. The maximum Gasteiger partial charge on any atom is 0.251 e. The summed E-state index contributed by atoms with van der Waals surface area (Å²) in [5.74, 6) is 0.668. The highest BCUT2D eigenvalue weighted by molar-refractivity contribution is 7.99. The number of sulfonamides is 1. The van der Waals surface area contributed by atoms with Crippen molar-refractivity contribution in [1.82, 2.24) is 24.4 Å². The second-order valence-corrected chi connectivity index (χ2v) is 12.5. The van der Waals surface area contributed by atoms with Crippen LogP contribution in [0.2, 0.25) is 0 Å². The average molecular weight is 637 g/mol. The number of nitrogens with one attached hydrogen (secondary N) is 2. The molecule has 0 radical (unpaired) electrons. The van der Waals surface area contributed by atoms with Crippen LogP contribution in [0.5, 0.6) is 5.75 Å². The molecule has 0 unspecified atom stereocenters. The number of hydrogen-bond acceptors (Lipinski definition) is 9. The molecule has 12 nitrogen and oxygen atoms in total. The number of nitrogens with zero attached hydrogens (tertiary/aromatic N) is 4. The van der Waals surface area contributed by atoms with Gasteiger partial charge in [0.1, 0.15) is 5.75 Å². The molecule has 2 amide bonds. The number of rotatable bonds is 12. The van der Waals surface area contributed by atoms with Crippen molar-refractivity contribution in [3.05, 3.63) is 90.3 Å². The van der Waals surface area contributed by atoms with Crippen LogP contribution in [0.15, 0.2) is 88.9 Å². The molecule has 1 saturated heterocycles. The number of amides is 2. The third-order valence-corrected chi connectivity index (χ3v) is 9.47. The summed E-state index contributed by atoms with van der Waals surface area (Å²) >= 11 is 1.22. The second kappa shape index (κ2) is 14.5. The minimum absolute atomic E-state index is 0.0491. The van der Waals surface area contributed by atoms with E-state index < -0.39 is 15.9 Å². The van der Waals surface area contributed by atoms with E-state index in [9.17, 15) is 18.0 Å². The molecule has 3 aromatic carbocycles. The maximum absolute atomic E-state index is 13.0. The lowest BCUT2D eigenvalue weighted by Crippen LogP contribution is -2.40. The number of anilines is 1. The first-order valence-corrected chi connectivity index (χ1v) is 16.4. The number of carbonyl (C=O) groups is 2. The number of morpholine rings is 1. The molecular formula is C30H32N6O6S2. The van der Waals surface area contributed by atoms with E-state index in [0.717, 1.165) is 11.4 Å². The first kappa shape index (κ1) is 31.2. The summed E-state index contributed by atoms with van der Waals surface area (Å²) in [6.07, 6.45) is 0. The monoisotopic (exact) mass is 636 g/mol. The van der Waals surface area contributed by atoms with Crippen molar-refractivity contribution >= 4 is 39.3 Å². The third-order valence-electron chi connectivity index (χ3n) is 6.63. The van der Waals surface area contributed by atoms with Gasteiger partial charge in [-0.05, 0) is 67.6 Å². The quantitative estimate of drug-likeness (QED) is 0.224. The summed E-state index contributed by atoms with van der Waals surface area (Å²) in [5.41, 5.74) is 1.73. The van der Waals surface area contributed by atoms with Crippen molar-refractivity contribution in [3.8, 4) is 11.4 Å². The standard InChI is InChI=1S/C30H32N6O6S2/c1-2-42-25-12-10-23(11-13-25)32-28(37)21-43-30-34-33-27(36(30)24-6-4-3-5-7-24)20-31-29(38)22-8-14-26(15-9-22)44(39,40)35-16-18-41-19-17-35/h3-15H,2,16-21H2,1H3,(H,31,38)(H,32,37). The van der Waals surface area contributed by atoms with Crippen LogP contribution in [0.4, 0.5) is 5.69 Å². The van der Waals surface area contributed by atoms with Crippen LogP contribution < -0.4 is 15.4 Å². The Bertz CT molecular complexity index is 1670. The van der Waals surface area contributed by atoms with Gasteiger partial charge in [-0.25, -0.2) is 8.42 Å². The molecule has 2 heterocycles. The highest BCUT2D eigenvalue weighted by Gasteiger charge is 2.26. The van der Waals surface area contributed by atoms with E-state index in [2.05, 4.69) is 20.8 Å². The number of para-hydroxylation sites is 1. The van der Waals surface area contributed by atoms with Gasteiger partial charge in [-0.3, -0.25) is 14.2 Å². The Labute approximate surface area is 259 Å². The van der Waals surface area contributed by atoms with Gasteiger partial charge in [-0.1, -0.05) is 30.0 Å². The van der Waals surface area contributed by atoms with Gasteiger partial charge < -0.3 is 20.1 Å². The molecule has 0 atom stereocenters. The molecule has 1 aliphatic heterocycles. The first-order chi connectivity index (χ1) is 21.3. The molecule has 0 spiro atoms. The number of thioether (sulfide) groups is 1. The SMILES string of the molecule is CCOc1ccc(NC(=O)CSc2nnc(CNC(=O)c3ccc(S(=O)(=O)N4CCOCC4)cc3)n2-c2ccccc2)cc1. The largest absolute Gasteiger partial charge is 0.494 e. The third kappa shape index (κ3) is 7.63. The van der Waals surface area contributed by atoms with E-state index in [1.165, 1.54) is 40.3 Å². The smallest absolute Gasteiger partial charge is 0.251 e. The summed E-state index contributed by atoms with van der Waals surface area (Å²) in [4.78, 5) is 25.8. The molecule has 0 bridgehead atoms. The van der Waals surface area contributed by atoms with E-state index in [-0.39, 0.29) is 23.1 Å². The van der Waals surface area contributed by atoms with E-state index in [1.54, 1.807) is 28.8 Å². The van der Waals surface area contributed by atoms with Crippen LogP contribution in [-0.4, -0.2) is 78.0 Å². The zero-order valence-electron chi connectivity index (χ0n) is 24.0. The highest BCUT2D eigenvalue weighted by Crippen LogP contribution is 2.23. The molecule has 14 heteroatoms.